The highest BCUT2D eigenvalue weighted by molar-refractivity contribution is 7.92. The number of alkyl halides is 3. The van der Waals surface area contributed by atoms with Gasteiger partial charge in [-0.25, -0.2) is 12.8 Å². The zero-order valence-electron chi connectivity index (χ0n) is 9.38. The number of benzene rings is 1. The van der Waals surface area contributed by atoms with Crippen molar-refractivity contribution in [1.82, 2.24) is 0 Å². The Bertz CT molecular complexity index is 525. The van der Waals surface area contributed by atoms with Crippen LogP contribution in [0.4, 0.5) is 23.2 Å². The van der Waals surface area contributed by atoms with Crippen molar-refractivity contribution in [2.24, 2.45) is 0 Å². The van der Waals surface area contributed by atoms with Crippen LogP contribution in [0, 0.1) is 5.82 Å². The van der Waals surface area contributed by atoms with Gasteiger partial charge < -0.3 is 0 Å². The summed E-state index contributed by atoms with van der Waals surface area (Å²) in [6, 6.07) is 1.95. The highest BCUT2D eigenvalue weighted by atomic mass is 32.2. The number of hydrogen-bond donors (Lipinski definition) is 1. The summed E-state index contributed by atoms with van der Waals surface area (Å²) in [5, 5.41) is 0. The zero-order valence-corrected chi connectivity index (χ0v) is 10.2. The second-order valence-electron chi connectivity index (χ2n) is 3.61. The third-order valence-electron chi connectivity index (χ3n) is 2.02. The maximum Gasteiger partial charge on any atom is 0.419 e. The summed E-state index contributed by atoms with van der Waals surface area (Å²) < 4.78 is 74.8. The third-order valence-corrected chi connectivity index (χ3v) is 3.51. The summed E-state index contributed by atoms with van der Waals surface area (Å²) >= 11 is 0. The number of hydrogen-bond acceptors (Lipinski definition) is 2. The summed E-state index contributed by atoms with van der Waals surface area (Å²) in [4.78, 5) is 0. The molecule has 0 heterocycles. The fraction of sp³-hybridized carbons (Fsp3) is 0.400. The van der Waals surface area contributed by atoms with Gasteiger partial charge in [0.1, 0.15) is 5.82 Å². The molecule has 1 rings (SSSR count). The minimum atomic E-state index is -4.86. The molecule has 1 aromatic carbocycles. The molecule has 0 saturated heterocycles. The summed E-state index contributed by atoms with van der Waals surface area (Å²) in [7, 11) is -3.70. The van der Waals surface area contributed by atoms with Crippen LogP contribution >= 0.6 is 0 Å². The second kappa shape index (κ2) is 5.13. The average Bonchev–Trinajstić information content (AvgIpc) is 2.18. The van der Waals surface area contributed by atoms with Crippen molar-refractivity contribution in [3.05, 3.63) is 29.6 Å². The monoisotopic (exact) mass is 285 g/mol. The Kier molecular flexibility index (Phi) is 4.20. The molecule has 102 valence electrons. The van der Waals surface area contributed by atoms with Crippen molar-refractivity contribution in [3.8, 4) is 0 Å². The number of sulfonamides is 1. The van der Waals surface area contributed by atoms with Crippen LogP contribution in [-0.2, 0) is 16.2 Å². The molecule has 1 aromatic rings. The number of anilines is 1. The van der Waals surface area contributed by atoms with Crippen molar-refractivity contribution in [2.45, 2.75) is 19.5 Å². The van der Waals surface area contributed by atoms with Crippen molar-refractivity contribution < 1.29 is 26.0 Å². The first-order valence-corrected chi connectivity index (χ1v) is 6.68. The van der Waals surface area contributed by atoms with Gasteiger partial charge in [-0.15, -0.1) is 0 Å². The Hall–Kier alpha value is -1.31. The van der Waals surface area contributed by atoms with Gasteiger partial charge in [0.25, 0.3) is 0 Å². The highest BCUT2D eigenvalue weighted by Crippen LogP contribution is 2.33. The summed E-state index contributed by atoms with van der Waals surface area (Å²) in [6.45, 7) is 1.62. The van der Waals surface area contributed by atoms with E-state index >= 15 is 0 Å². The minimum Gasteiger partial charge on any atom is -0.284 e. The first-order valence-electron chi connectivity index (χ1n) is 5.03. The molecule has 0 fully saturated rings. The molecule has 0 spiro atoms. The summed E-state index contributed by atoms with van der Waals surface area (Å²) in [5.41, 5.74) is -1.81. The van der Waals surface area contributed by atoms with E-state index < -0.39 is 27.6 Å². The Balaban J connectivity index is 3.07. The van der Waals surface area contributed by atoms with Gasteiger partial charge in [0.05, 0.1) is 11.3 Å². The average molecular weight is 285 g/mol. The lowest BCUT2D eigenvalue weighted by Crippen LogP contribution is -2.17. The van der Waals surface area contributed by atoms with Gasteiger partial charge in [-0.3, -0.25) is 4.72 Å². The number of rotatable bonds is 4. The van der Waals surface area contributed by atoms with Crippen LogP contribution in [0.25, 0.3) is 0 Å². The molecular formula is C10H11F4NO2S. The van der Waals surface area contributed by atoms with E-state index in [2.05, 4.69) is 0 Å². The maximum absolute atomic E-state index is 12.9. The molecule has 0 aliphatic rings. The fourth-order valence-electron chi connectivity index (χ4n) is 1.31. The first-order chi connectivity index (χ1) is 8.15. The molecule has 3 nitrogen and oxygen atoms in total. The van der Waals surface area contributed by atoms with E-state index in [1.54, 1.807) is 6.92 Å². The highest BCUT2D eigenvalue weighted by Gasteiger charge is 2.34. The minimum absolute atomic E-state index is 0.217. The van der Waals surface area contributed by atoms with Crippen molar-refractivity contribution >= 4 is 15.7 Å². The summed E-state index contributed by atoms with van der Waals surface area (Å²) in [5.74, 6) is -1.66. The largest absolute Gasteiger partial charge is 0.419 e. The smallest absolute Gasteiger partial charge is 0.284 e. The standard InChI is InChI=1S/C10H11F4NO2S/c1-2-5-18(16,17)15-7-3-4-9(11)8(6-7)10(12,13)14/h3-4,6,15H,2,5H2,1H3. The molecule has 8 heteroatoms. The van der Waals surface area contributed by atoms with Gasteiger partial charge in [0, 0.05) is 5.69 Å². The lowest BCUT2D eigenvalue weighted by atomic mass is 10.2. The van der Waals surface area contributed by atoms with E-state index in [9.17, 15) is 26.0 Å². The summed E-state index contributed by atoms with van der Waals surface area (Å²) in [6.07, 6.45) is -4.54. The topological polar surface area (TPSA) is 46.2 Å². The Morgan fingerprint density at radius 3 is 2.39 bits per heavy atom. The number of nitrogens with one attached hydrogen (secondary N) is 1. The Labute approximate surface area is 102 Å². The molecule has 0 aromatic heterocycles. The van der Waals surface area contributed by atoms with Gasteiger partial charge in [-0.1, -0.05) is 6.92 Å². The van der Waals surface area contributed by atoms with Gasteiger partial charge >= 0.3 is 6.18 Å². The van der Waals surface area contributed by atoms with Crippen LogP contribution in [0.15, 0.2) is 18.2 Å². The van der Waals surface area contributed by atoms with Gasteiger partial charge in [-0.2, -0.15) is 13.2 Å². The van der Waals surface area contributed by atoms with Gasteiger partial charge in [0.15, 0.2) is 0 Å². The SMILES string of the molecule is CCCS(=O)(=O)Nc1ccc(F)c(C(F)(F)F)c1. The van der Waals surface area contributed by atoms with Gasteiger partial charge in [0.2, 0.25) is 10.0 Å². The van der Waals surface area contributed by atoms with Gasteiger partial charge in [-0.05, 0) is 24.6 Å². The van der Waals surface area contributed by atoms with E-state index in [0.29, 0.717) is 18.6 Å². The van der Waals surface area contributed by atoms with Crippen molar-refractivity contribution in [2.75, 3.05) is 10.5 Å². The predicted octanol–water partition coefficient (Wildman–Crippen LogP) is 3.00. The molecule has 18 heavy (non-hydrogen) atoms. The Morgan fingerprint density at radius 1 is 1.28 bits per heavy atom. The molecule has 0 aliphatic heterocycles. The molecule has 0 radical (unpaired) electrons. The van der Waals surface area contributed by atoms with E-state index in [1.807, 2.05) is 4.72 Å². The van der Waals surface area contributed by atoms with E-state index in [1.165, 1.54) is 0 Å². The fourth-order valence-corrected chi connectivity index (χ4v) is 2.43. The zero-order chi connectivity index (χ0) is 14.0. The van der Waals surface area contributed by atoms with Crippen LogP contribution in [0.3, 0.4) is 0 Å². The lowest BCUT2D eigenvalue weighted by Gasteiger charge is -2.11. The molecule has 0 bridgehead atoms. The Morgan fingerprint density at radius 2 is 1.89 bits per heavy atom. The molecule has 0 atom stereocenters. The normalized spacial score (nSPS) is 12.5. The molecule has 0 unspecified atom stereocenters. The molecule has 0 aliphatic carbocycles. The van der Waals surface area contributed by atoms with Crippen molar-refractivity contribution in [1.29, 1.82) is 0 Å². The van der Waals surface area contributed by atoms with Crippen LogP contribution in [0.5, 0.6) is 0 Å². The van der Waals surface area contributed by atoms with Crippen LogP contribution in [0.1, 0.15) is 18.9 Å². The van der Waals surface area contributed by atoms with Crippen LogP contribution in [0.2, 0.25) is 0 Å². The van der Waals surface area contributed by atoms with Crippen molar-refractivity contribution in [3.63, 3.8) is 0 Å². The maximum atomic E-state index is 12.9. The second-order valence-corrected chi connectivity index (χ2v) is 5.46. The third kappa shape index (κ3) is 3.86. The predicted molar refractivity (Wildman–Crippen MR) is 59.1 cm³/mol. The van der Waals surface area contributed by atoms with E-state index in [-0.39, 0.29) is 11.4 Å². The quantitative estimate of drug-likeness (QED) is 0.864. The van der Waals surface area contributed by atoms with Crippen LogP contribution in [-0.4, -0.2) is 14.2 Å². The molecule has 0 saturated carbocycles. The molecular weight excluding hydrogens is 274 g/mol. The van der Waals surface area contributed by atoms with E-state index in [0.717, 1.165) is 6.07 Å². The van der Waals surface area contributed by atoms with E-state index in [4.69, 9.17) is 0 Å². The van der Waals surface area contributed by atoms with Crippen LogP contribution < -0.4 is 4.72 Å². The lowest BCUT2D eigenvalue weighted by molar-refractivity contribution is -0.139. The first kappa shape index (κ1) is 14.7. The molecule has 0 amide bonds. The number of halogens is 4. The molecule has 1 N–H and O–H groups in total.